The normalized spacial score (nSPS) is 18.9. The minimum Gasteiger partial charge on any atom is -0.207 e. The van der Waals surface area contributed by atoms with Crippen molar-refractivity contribution < 1.29 is 4.39 Å². The van der Waals surface area contributed by atoms with Crippen LogP contribution in [0.5, 0.6) is 0 Å². The van der Waals surface area contributed by atoms with Crippen LogP contribution in [-0.2, 0) is 12.8 Å². The second kappa shape index (κ2) is 4.85. The molecule has 0 saturated heterocycles. The summed E-state index contributed by atoms with van der Waals surface area (Å²) < 4.78 is 13.6. The smallest absolute Gasteiger partial charge is 0.126 e. The monoisotopic (exact) mass is 304 g/mol. The molecule has 0 aromatic heterocycles. The van der Waals surface area contributed by atoms with E-state index in [4.69, 9.17) is 0 Å². The van der Waals surface area contributed by atoms with E-state index in [1.165, 1.54) is 17.2 Å². The van der Waals surface area contributed by atoms with Crippen LogP contribution >= 0.6 is 15.9 Å². The Labute approximate surface area is 115 Å². The summed E-state index contributed by atoms with van der Waals surface area (Å²) in [5.74, 6) is 0.412. The fraction of sp³-hybridized carbons (Fsp3) is 0.250. The number of halogens is 2. The van der Waals surface area contributed by atoms with Gasteiger partial charge in [0.25, 0.3) is 0 Å². The SMILES string of the molecule is Fc1ccccc1CC(Br)C1Cc2ccccc21. The first kappa shape index (κ1) is 11.9. The van der Waals surface area contributed by atoms with Crippen molar-refractivity contribution in [3.05, 3.63) is 71.0 Å². The highest BCUT2D eigenvalue weighted by molar-refractivity contribution is 9.09. The van der Waals surface area contributed by atoms with E-state index in [2.05, 4.69) is 40.2 Å². The zero-order valence-electron chi connectivity index (χ0n) is 9.94. The van der Waals surface area contributed by atoms with Crippen LogP contribution in [0.4, 0.5) is 4.39 Å². The Kier molecular flexibility index (Phi) is 3.21. The summed E-state index contributed by atoms with van der Waals surface area (Å²) in [6.07, 6.45) is 1.84. The van der Waals surface area contributed by atoms with Crippen LogP contribution in [0.1, 0.15) is 22.6 Å². The van der Waals surface area contributed by atoms with Gasteiger partial charge in [-0.25, -0.2) is 4.39 Å². The molecule has 0 N–H and O–H groups in total. The zero-order chi connectivity index (χ0) is 12.5. The maximum absolute atomic E-state index is 13.6. The molecule has 1 aliphatic rings. The van der Waals surface area contributed by atoms with Crippen LogP contribution < -0.4 is 0 Å². The first-order chi connectivity index (χ1) is 8.75. The first-order valence-electron chi connectivity index (χ1n) is 6.21. The Morgan fingerprint density at radius 1 is 1.11 bits per heavy atom. The van der Waals surface area contributed by atoms with E-state index in [1.54, 1.807) is 6.07 Å². The van der Waals surface area contributed by atoms with Crippen molar-refractivity contribution >= 4 is 15.9 Å². The van der Waals surface area contributed by atoms with E-state index in [0.717, 1.165) is 18.4 Å². The summed E-state index contributed by atoms with van der Waals surface area (Å²) >= 11 is 3.73. The highest BCUT2D eigenvalue weighted by atomic mass is 79.9. The molecule has 2 unspecified atom stereocenters. The van der Waals surface area contributed by atoms with Crippen molar-refractivity contribution in [2.45, 2.75) is 23.6 Å². The highest BCUT2D eigenvalue weighted by Gasteiger charge is 2.31. The van der Waals surface area contributed by atoms with Gasteiger partial charge in [-0.1, -0.05) is 58.4 Å². The summed E-state index contributed by atoms with van der Waals surface area (Å²) in [5, 5.41) is 0. The van der Waals surface area contributed by atoms with Crippen LogP contribution in [0.25, 0.3) is 0 Å². The van der Waals surface area contributed by atoms with Gasteiger partial charge in [0.15, 0.2) is 0 Å². The van der Waals surface area contributed by atoms with E-state index in [1.807, 2.05) is 12.1 Å². The molecule has 0 saturated carbocycles. The molecule has 0 aliphatic heterocycles. The van der Waals surface area contributed by atoms with Crippen LogP contribution in [0.3, 0.4) is 0 Å². The van der Waals surface area contributed by atoms with Crippen LogP contribution in [0.15, 0.2) is 48.5 Å². The number of hydrogen-bond acceptors (Lipinski definition) is 0. The zero-order valence-corrected chi connectivity index (χ0v) is 11.5. The van der Waals surface area contributed by atoms with E-state index in [-0.39, 0.29) is 5.82 Å². The lowest BCUT2D eigenvalue weighted by molar-refractivity contribution is 0.559. The van der Waals surface area contributed by atoms with Gasteiger partial charge in [-0.05, 0) is 35.6 Å². The summed E-state index contributed by atoms with van der Waals surface area (Å²) in [6.45, 7) is 0. The molecule has 18 heavy (non-hydrogen) atoms. The molecule has 0 bridgehead atoms. The number of fused-ring (bicyclic) bond motifs is 1. The van der Waals surface area contributed by atoms with E-state index < -0.39 is 0 Å². The van der Waals surface area contributed by atoms with Gasteiger partial charge in [-0.15, -0.1) is 0 Å². The molecule has 3 rings (SSSR count). The first-order valence-corrected chi connectivity index (χ1v) is 7.12. The number of alkyl halides is 1. The number of rotatable bonds is 3. The lowest BCUT2D eigenvalue weighted by Crippen LogP contribution is -2.26. The summed E-state index contributed by atoms with van der Waals surface area (Å²) in [7, 11) is 0. The van der Waals surface area contributed by atoms with Gasteiger partial charge in [0.2, 0.25) is 0 Å². The molecule has 92 valence electrons. The van der Waals surface area contributed by atoms with Crippen molar-refractivity contribution in [1.29, 1.82) is 0 Å². The molecule has 0 nitrogen and oxygen atoms in total. The maximum Gasteiger partial charge on any atom is 0.126 e. The van der Waals surface area contributed by atoms with Gasteiger partial charge in [0, 0.05) is 10.7 Å². The summed E-state index contributed by atoms with van der Waals surface area (Å²) in [6, 6.07) is 15.5. The lowest BCUT2D eigenvalue weighted by atomic mass is 9.75. The molecule has 0 spiro atoms. The van der Waals surface area contributed by atoms with Crippen LogP contribution in [-0.4, -0.2) is 4.83 Å². The largest absolute Gasteiger partial charge is 0.207 e. The minimum atomic E-state index is -0.102. The fourth-order valence-corrected chi connectivity index (χ4v) is 3.46. The topological polar surface area (TPSA) is 0 Å². The van der Waals surface area contributed by atoms with E-state index in [9.17, 15) is 4.39 Å². The lowest BCUT2D eigenvalue weighted by Gasteiger charge is -2.34. The predicted molar refractivity (Wildman–Crippen MR) is 75.7 cm³/mol. The summed E-state index contributed by atoms with van der Waals surface area (Å²) in [5.41, 5.74) is 3.64. The third-order valence-corrected chi connectivity index (χ3v) is 4.67. The molecule has 2 atom stereocenters. The third kappa shape index (κ3) is 2.10. The molecule has 0 fully saturated rings. The average molecular weight is 305 g/mol. The van der Waals surface area contributed by atoms with Crippen molar-refractivity contribution in [3.63, 3.8) is 0 Å². The molecule has 1 aliphatic carbocycles. The van der Waals surface area contributed by atoms with Gasteiger partial charge in [0.05, 0.1) is 0 Å². The minimum absolute atomic E-state index is 0.102. The molecule has 0 radical (unpaired) electrons. The molecule has 0 heterocycles. The van der Waals surface area contributed by atoms with Gasteiger partial charge in [-0.3, -0.25) is 0 Å². The van der Waals surface area contributed by atoms with E-state index in [0.29, 0.717) is 10.7 Å². The van der Waals surface area contributed by atoms with Crippen molar-refractivity contribution in [2.75, 3.05) is 0 Å². The van der Waals surface area contributed by atoms with Gasteiger partial charge >= 0.3 is 0 Å². The summed E-state index contributed by atoms with van der Waals surface area (Å²) in [4.78, 5) is 0.310. The Morgan fingerprint density at radius 2 is 1.83 bits per heavy atom. The molecule has 2 aromatic rings. The standard InChI is InChI=1S/C16H14BrF/c17-15(10-12-6-2-4-8-16(12)18)14-9-11-5-1-3-7-13(11)14/h1-8,14-15H,9-10H2. The third-order valence-electron chi connectivity index (χ3n) is 3.70. The average Bonchev–Trinajstić information content (AvgIpc) is 2.34. The van der Waals surface area contributed by atoms with Crippen LogP contribution in [0, 0.1) is 5.82 Å². The van der Waals surface area contributed by atoms with Gasteiger partial charge < -0.3 is 0 Å². The highest BCUT2D eigenvalue weighted by Crippen LogP contribution is 2.41. The van der Waals surface area contributed by atoms with Crippen molar-refractivity contribution in [3.8, 4) is 0 Å². The molecule has 0 amide bonds. The maximum atomic E-state index is 13.6. The Bertz CT molecular complexity index is 565. The Hall–Kier alpha value is -1.15. The van der Waals surface area contributed by atoms with E-state index >= 15 is 0 Å². The number of benzene rings is 2. The molecular weight excluding hydrogens is 291 g/mol. The fourth-order valence-electron chi connectivity index (χ4n) is 2.64. The molecule has 2 aromatic carbocycles. The van der Waals surface area contributed by atoms with Crippen molar-refractivity contribution in [1.82, 2.24) is 0 Å². The number of hydrogen-bond donors (Lipinski definition) is 0. The van der Waals surface area contributed by atoms with Gasteiger partial charge in [0.1, 0.15) is 5.82 Å². The molecular formula is C16H14BrF. The second-order valence-corrected chi connectivity index (χ2v) is 6.00. The molecule has 2 heteroatoms. The second-order valence-electron chi connectivity index (χ2n) is 4.82. The predicted octanol–water partition coefficient (Wildman–Crippen LogP) is 4.47. The van der Waals surface area contributed by atoms with Crippen molar-refractivity contribution in [2.24, 2.45) is 0 Å². The quantitative estimate of drug-likeness (QED) is 0.734. The van der Waals surface area contributed by atoms with Gasteiger partial charge in [-0.2, -0.15) is 0 Å². The van der Waals surface area contributed by atoms with Crippen LogP contribution in [0.2, 0.25) is 0 Å². The Morgan fingerprint density at radius 3 is 2.61 bits per heavy atom. The Balaban J connectivity index is 1.75.